The molecule has 0 atom stereocenters. The van der Waals surface area contributed by atoms with E-state index in [1.807, 2.05) is 12.1 Å². The zero-order chi connectivity index (χ0) is 15.1. The van der Waals surface area contributed by atoms with E-state index in [0.717, 1.165) is 38.0 Å². The summed E-state index contributed by atoms with van der Waals surface area (Å²) in [7, 11) is 1.63. The van der Waals surface area contributed by atoms with Crippen LogP contribution in [0.5, 0.6) is 5.88 Å². The van der Waals surface area contributed by atoms with E-state index >= 15 is 0 Å². The lowest BCUT2D eigenvalue weighted by Crippen LogP contribution is -2.36. The summed E-state index contributed by atoms with van der Waals surface area (Å²) >= 11 is 0. The van der Waals surface area contributed by atoms with Gasteiger partial charge in [0.2, 0.25) is 5.88 Å². The van der Waals surface area contributed by atoms with Gasteiger partial charge in [0.1, 0.15) is 0 Å². The van der Waals surface area contributed by atoms with E-state index in [9.17, 15) is 4.79 Å². The van der Waals surface area contributed by atoms with Crippen molar-refractivity contribution < 1.29 is 19.4 Å². The van der Waals surface area contributed by atoms with E-state index in [4.69, 9.17) is 14.6 Å². The van der Waals surface area contributed by atoms with E-state index < -0.39 is 5.97 Å². The maximum atomic E-state index is 10.5. The number of carbonyl (C=O) groups is 1. The fourth-order valence-electron chi connectivity index (χ4n) is 2.52. The molecule has 6 heteroatoms. The largest absolute Gasteiger partial charge is 0.481 e. The normalized spacial score (nSPS) is 16.8. The second-order valence-corrected chi connectivity index (χ2v) is 5.16. The van der Waals surface area contributed by atoms with Gasteiger partial charge in [-0.2, -0.15) is 0 Å². The van der Waals surface area contributed by atoms with Crippen LogP contribution in [-0.2, 0) is 16.1 Å². The van der Waals surface area contributed by atoms with Crippen molar-refractivity contribution in [3.05, 3.63) is 23.9 Å². The summed E-state index contributed by atoms with van der Waals surface area (Å²) in [6.45, 7) is 3.00. The number of carboxylic acids is 1. The number of rotatable bonds is 7. The van der Waals surface area contributed by atoms with E-state index in [1.54, 1.807) is 13.3 Å². The molecule has 21 heavy (non-hydrogen) atoms. The molecule has 0 aliphatic carbocycles. The molecular weight excluding hydrogens is 272 g/mol. The zero-order valence-electron chi connectivity index (χ0n) is 12.3. The van der Waals surface area contributed by atoms with Crippen molar-refractivity contribution in [2.75, 3.05) is 26.8 Å². The lowest BCUT2D eigenvalue weighted by Gasteiger charge is -2.31. The summed E-state index contributed by atoms with van der Waals surface area (Å²) in [4.78, 5) is 17.0. The maximum Gasteiger partial charge on any atom is 0.305 e. The minimum atomic E-state index is -0.809. The van der Waals surface area contributed by atoms with Gasteiger partial charge in [-0.1, -0.05) is 6.07 Å². The lowest BCUT2D eigenvalue weighted by molar-refractivity contribution is -0.138. The van der Waals surface area contributed by atoms with Gasteiger partial charge < -0.3 is 14.6 Å². The van der Waals surface area contributed by atoms with Crippen LogP contribution in [0.15, 0.2) is 18.3 Å². The fraction of sp³-hybridized carbons (Fsp3) is 0.600. The van der Waals surface area contributed by atoms with Crippen molar-refractivity contribution in [3.8, 4) is 5.88 Å². The topological polar surface area (TPSA) is 71.9 Å². The predicted octanol–water partition coefficient (Wildman–Crippen LogP) is 1.55. The van der Waals surface area contributed by atoms with Crippen LogP contribution in [0.4, 0.5) is 0 Å². The highest BCUT2D eigenvalue weighted by atomic mass is 16.5. The Bertz CT molecular complexity index is 459. The Balaban J connectivity index is 1.75. The molecule has 1 aliphatic rings. The molecule has 1 fully saturated rings. The first-order valence-electron chi connectivity index (χ1n) is 7.22. The Hall–Kier alpha value is -1.66. The minimum Gasteiger partial charge on any atom is -0.481 e. The molecule has 116 valence electrons. The highest BCUT2D eigenvalue weighted by molar-refractivity contribution is 5.66. The van der Waals surface area contributed by atoms with Crippen molar-refractivity contribution in [2.24, 2.45) is 0 Å². The molecule has 1 saturated heterocycles. The minimum absolute atomic E-state index is 0.0765. The smallest absolute Gasteiger partial charge is 0.305 e. The molecule has 1 aromatic rings. The van der Waals surface area contributed by atoms with Crippen LogP contribution in [-0.4, -0.2) is 53.9 Å². The van der Waals surface area contributed by atoms with Gasteiger partial charge in [-0.15, -0.1) is 0 Å². The number of nitrogens with zero attached hydrogens (tertiary/aromatic N) is 2. The highest BCUT2D eigenvalue weighted by Gasteiger charge is 2.20. The summed E-state index contributed by atoms with van der Waals surface area (Å²) in [5, 5.41) is 8.59. The number of piperidine rings is 1. The van der Waals surface area contributed by atoms with E-state index in [1.165, 1.54) is 0 Å². The average Bonchev–Trinajstić information content (AvgIpc) is 2.49. The number of likely N-dealkylation sites (tertiary alicyclic amines) is 1. The van der Waals surface area contributed by atoms with Gasteiger partial charge in [-0.3, -0.25) is 9.69 Å². The molecule has 0 aromatic carbocycles. The van der Waals surface area contributed by atoms with E-state index in [0.29, 0.717) is 12.5 Å². The van der Waals surface area contributed by atoms with Crippen molar-refractivity contribution in [3.63, 3.8) is 0 Å². The number of ether oxygens (including phenoxy) is 2. The number of hydrogen-bond donors (Lipinski definition) is 1. The van der Waals surface area contributed by atoms with Crippen LogP contribution in [0.3, 0.4) is 0 Å². The molecule has 1 N–H and O–H groups in total. The molecule has 0 amide bonds. The van der Waals surface area contributed by atoms with Crippen molar-refractivity contribution >= 4 is 5.97 Å². The first kappa shape index (κ1) is 15.7. The predicted molar refractivity (Wildman–Crippen MR) is 77.3 cm³/mol. The van der Waals surface area contributed by atoms with Gasteiger partial charge >= 0.3 is 5.97 Å². The Labute approximate surface area is 124 Å². The monoisotopic (exact) mass is 294 g/mol. The number of hydrogen-bond acceptors (Lipinski definition) is 5. The third-order valence-corrected chi connectivity index (χ3v) is 3.64. The van der Waals surface area contributed by atoms with E-state index in [2.05, 4.69) is 9.88 Å². The summed E-state index contributed by atoms with van der Waals surface area (Å²) in [6.07, 6.45) is 3.85. The summed E-state index contributed by atoms with van der Waals surface area (Å²) in [6, 6.07) is 3.95. The Morgan fingerprint density at radius 3 is 2.90 bits per heavy atom. The van der Waals surface area contributed by atoms with Crippen LogP contribution in [0.1, 0.15) is 24.8 Å². The highest BCUT2D eigenvalue weighted by Crippen LogP contribution is 2.20. The van der Waals surface area contributed by atoms with Crippen LogP contribution in [0, 0.1) is 0 Å². The Morgan fingerprint density at radius 1 is 1.48 bits per heavy atom. The Morgan fingerprint density at radius 2 is 2.24 bits per heavy atom. The second kappa shape index (κ2) is 7.95. The molecule has 6 nitrogen and oxygen atoms in total. The summed E-state index contributed by atoms with van der Waals surface area (Å²) in [5.74, 6) is -0.131. The number of aromatic nitrogens is 1. The third kappa shape index (κ3) is 4.99. The molecular formula is C15H22N2O4. The van der Waals surface area contributed by atoms with Gasteiger partial charge in [-0.05, 0) is 18.9 Å². The molecule has 0 spiro atoms. The molecule has 1 aliphatic heterocycles. The first-order chi connectivity index (χ1) is 10.2. The van der Waals surface area contributed by atoms with Crippen molar-refractivity contribution in [2.45, 2.75) is 31.9 Å². The first-order valence-corrected chi connectivity index (χ1v) is 7.22. The number of carboxylic acid groups (broad SMARTS) is 1. The van der Waals surface area contributed by atoms with Gasteiger partial charge in [0.25, 0.3) is 0 Å². The van der Waals surface area contributed by atoms with Crippen LogP contribution in [0.2, 0.25) is 0 Å². The van der Waals surface area contributed by atoms with Gasteiger partial charge in [-0.25, -0.2) is 4.98 Å². The third-order valence-electron chi connectivity index (χ3n) is 3.64. The van der Waals surface area contributed by atoms with Crippen LogP contribution in [0.25, 0.3) is 0 Å². The van der Waals surface area contributed by atoms with Gasteiger partial charge in [0.05, 0.1) is 26.2 Å². The van der Waals surface area contributed by atoms with Gasteiger partial charge in [0, 0.05) is 31.4 Å². The number of methoxy groups -OCH3 is 1. The van der Waals surface area contributed by atoms with Crippen molar-refractivity contribution in [1.29, 1.82) is 0 Å². The van der Waals surface area contributed by atoms with Crippen LogP contribution < -0.4 is 4.74 Å². The molecule has 0 saturated carbocycles. The second-order valence-electron chi connectivity index (χ2n) is 5.16. The number of pyridine rings is 1. The summed E-state index contributed by atoms with van der Waals surface area (Å²) in [5.41, 5.74) is 1.09. The van der Waals surface area contributed by atoms with E-state index in [-0.39, 0.29) is 12.5 Å². The number of aliphatic carboxylic acids is 1. The molecule has 0 bridgehead atoms. The molecule has 0 radical (unpaired) electrons. The van der Waals surface area contributed by atoms with Crippen molar-refractivity contribution in [1.82, 2.24) is 9.88 Å². The zero-order valence-corrected chi connectivity index (χ0v) is 12.3. The maximum absolute atomic E-state index is 10.5. The SMILES string of the molecule is COc1ncccc1CN1CCC(OCCC(=O)O)CC1. The summed E-state index contributed by atoms with van der Waals surface area (Å²) < 4.78 is 10.9. The van der Waals surface area contributed by atoms with Gasteiger partial charge in [0.15, 0.2) is 0 Å². The standard InChI is InChI=1S/C15H22N2O4/c1-20-15-12(3-2-7-16-15)11-17-8-4-13(5-9-17)21-10-6-14(18)19/h2-3,7,13H,4-6,8-11H2,1H3,(H,18,19). The quantitative estimate of drug-likeness (QED) is 0.822. The molecule has 0 unspecified atom stereocenters. The molecule has 1 aromatic heterocycles. The average molecular weight is 294 g/mol. The van der Waals surface area contributed by atoms with Crippen LogP contribution >= 0.6 is 0 Å². The Kier molecular flexibility index (Phi) is 5.95. The lowest BCUT2D eigenvalue weighted by atomic mass is 10.1. The molecule has 2 rings (SSSR count). The molecule has 2 heterocycles. The fourth-order valence-corrected chi connectivity index (χ4v) is 2.52.